The Bertz CT molecular complexity index is 593. The van der Waals surface area contributed by atoms with Crippen molar-refractivity contribution in [1.29, 1.82) is 5.26 Å². The van der Waals surface area contributed by atoms with Crippen molar-refractivity contribution in [3.63, 3.8) is 0 Å². The van der Waals surface area contributed by atoms with Crippen LogP contribution in [0.15, 0.2) is 36.4 Å². The predicted octanol–water partition coefficient (Wildman–Crippen LogP) is 3.43. The first kappa shape index (κ1) is 12.3. The molecule has 0 aliphatic rings. The van der Waals surface area contributed by atoms with Crippen LogP contribution in [0.25, 0.3) is 0 Å². The number of benzene rings is 1. The number of hydrogen-bond donors (Lipinski definition) is 1. The van der Waals surface area contributed by atoms with E-state index in [1.54, 1.807) is 24.3 Å². The Morgan fingerprint density at radius 3 is 2.56 bits per heavy atom. The molecule has 0 saturated heterocycles. The fourth-order valence-electron chi connectivity index (χ4n) is 1.51. The molecule has 90 valence electrons. The smallest absolute Gasteiger partial charge is 0.265 e. The average Bonchev–Trinajstić information content (AvgIpc) is 2.88. The summed E-state index contributed by atoms with van der Waals surface area (Å²) in [5.74, 6) is -0.107. The SMILES string of the molecule is CCc1ccc(C(=O)Nc2ccc(C#N)cc2)s1. The van der Waals surface area contributed by atoms with Gasteiger partial charge in [0.15, 0.2) is 0 Å². The van der Waals surface area contributed by atoms with Gasteiger partial charge in [-0.1, -0.05) is 6.92 Å². The van der Waals surface area contributed by atoms with Crippen molar-refractivity contribution in [3.8, 4) is 6.07 Å². The lowest BCUT2D eigenvalue weighted by atomic mass is 10.2. The van der Waals surface area contributed by atoms with Crippen molar-refractivity contribution < 1.29 is 4.79 Å². The summed E-state index contributed by atoms with van der Waals surface area (Å²) in [6.45, 7) is 2.06. The third kappa shape index (κ3) is 2.76. The summed E-state index contributed by atoms with van der Waals surface area (Å²) in [7, 11) is 0. The minimum absolute atomic E-state index is 0.107. The van der Waals surface area contributed by atoms with E-state index < -0.39 is 0 Å². The van der Waals surface area contributed by atoms with E-state index in [0.29, 0.717) is 16.1 Å². The normalized spacial score (nSPS) is 9.78. The van der Waals surface area contributed by atoms with Crippen molar-refractivity contribution in [3.05, 3.63) is 51.7 Å². The number of amides is 1. The van der Waals surface area contributed by atoms with Gasteiger partial charge in [-0.15, -0.1) is 11.3 Å². The lowest BCUT2D eigenvalue weighted by molar-refractivity contribution is 0.103. The van der Waals surface area contributed by atoms with Crippen molar-refractivity contribution in [1.82, 2.24) is 0 Å². The summed E-state index contributed by atoms with van der Waals surface area (Å²) < 4.78 is 0. The second-order valence-corrected chi connectivity index (χ2v) is 4.93. The van der Waals surface area contributed by atoms with E-state index in [9.17, 15) is 4.79 Å². The molecule has 0 spiro atoms. The monoisotopic (exact) mass is 256 g/mol. The molecule has 4 heteroatoms. The third-order valence-corrected chi connectivity index (χ3v) is 3.73. The molecule has 0 fully saturated rings. The van der Waals surface area contributed by atoms with Gasteiger partial charge in [0.05, 0.1) is 16.5 Å². The number of nitrogens with zero attached hydrogens (tertiary/aromatic N) is 1. The second kappa shape index (κ2) is 5.48. The molecule has 1 N–H and O–H groups in total. The van der Waals surface area contributed by atoms with Crippen LogP contribution in [0.4, 0.5) is 5.69 Å². The van der Waals surface area contributed by atoms with Crippen molar-refractivity contribution in [2.75, 3.05) is 5.32 Å². The molecular formula is C14H12N2OS. The van der Waals surface area contributed by atoms with E-state index >= 15 is 0 Å². The van der Waals surface area contributed by atoms with Crippen molar-refractivity contribution in [2.45, 2.75) is 13.3 Å². The molecule has 0 radical (unpaired) electrons. The van der Waals surface area contributed by atoms with Gasteiger partial charge in [-0.05, 0) is 42.8 Å². The number of hydrogen-bond acceptors (Lipinski definition) is 3. The van der Waals surface area contributed by atoms with E-state index in [0.717, 1.165) is 6.42 Å². The molecule has 1 aromatic carbocycles. The van der Waals surface area contributed by atoms with Gasteiger partial charge < -0.3 is 5.32 Å². The van der Waals surface area contributed by atoms with E-state index in [2.05, 4.69) is 12.2 Å². The third-order valence-electron chi connectivity index (χ3n) is 2.51. The number of carbonyl (C=O) groups excluding carboxylic acids is 1. The van der Waals surface area contributed by atoms with Crippen LogP contribution >= 0.6 is 11.3 Å². The number of rotatable bonds is 3. The first-order valence-electron chi connectivity index (χ1n) is 5.63. The van der Waals surface area contributed by atoms with Gasteiger partial charge in [-0.2, -0.15) is 5.26 Å². The maximum absolute atomic E-state index is 11.9. The Morgan fingerprint density at radius 2 is 2.00 bits per heavy atom. The van der Waals surface area contributed by atoms with Crippen LogP contribution in [0, 0.1) is 11.3 Å². The minimum atomic E-state index is -0.107. The topological polar surface area (TPSA) is 52.9 Å². The van der Waals surface area contributed by atoms with E-state index in [1.807, 2.05) is 18.2 Å². The highest BCUT2D eigenvalue weighted by atomic mass is 32.1. The van der Waals surface area contributed by atoms with Gasteiger partial charge >= 0.3 is 0 Å². The number of thiophene rings is 1. The molecule has 2 rings (SSSR count). The first-order chi connectivity index (χ1) is 8.72. The summed E-state index contributed by atoms with van der Waals surface area (Å²) in [6.07, 6.45) is 0.939. The molecule has 0 bridgehead atoms. The molecule has 1 amide bonds. The Hall–Kier alpha value is -2.12. The predicted molar refractivity (Wildman–Crippen MR) is 72.8 cm³/mol. The molecular weight excluding hydrogens is 244 g/mol. The van der Waals surface area contributed by atoms with E-state index in [1.165, 1.54) is 16.2 Å². The van der Waals surface area contributed by atoms with Gasteiger partial charge in [-0.3, -0.25) is 4.79 Å². The molecule has 0 unspecified atom stereocenters. The number of carbonyl (C=O) groups is 1. The molecule has 0 aliphatic heterocycles. The summed E-state index contributed by atoms with van der Waals surface area (Å²) in [6, 6.07) is 12.7. The largest absolute Gasteiger partial charge is 0.321 e. The zero-order valence-electron chi connectivity index (χ0n) is 9.93. The van der Waals surface area contributed by atoms with Gasteiger partial charge in [0.1, 0.15) is 0 Å². The highest BCUT2D eigenvalue weighted by Gasteiger charge is 2.08. The first-order valence-corrected chi connectivity index (χ1v) is 6.45. The molecule has 1 heterocycles. The molecule has 0 aliphatic carbocycles. The average molecular weight is 256 g/mol. The van der Waals surface area contributed by atoms with E-state index in [-0.39, 0.29) is 5.91 Å². The van der Waals surface area contributed by atoms with Crippen LogP contribution in [0.2, 0.25) is 0 Å². The number of nitrogens with one attached hydrogen (secondary N) is 1. The quantitative estimate of drug-likeness (QED) is 0.914. The van der Waals surface area contributed by atoms with Gasteiger partial charge in [0.25, 0.3) is 5.91 Å². The summed E-state index contributed by atoms with van der Waals surface area (Å²) in [5, 5.41) is 11.5. The maximum atomic E-state index is 11.9. The molecule has 1 aromatic heterocycles. The summed E-state index contributed by atoms with van der Waals surface area (Å²) in [4.78, 5) is 13.8. The molecule has 2 aromatic rings. The fraction of sp³-hybridized carbons (Fsp3) is 0.143. The van der Waals surface area contributed by atoms with Gasteiger partial charge in [-0.25, -0.2) is 0 Å². The standard InChI is InChI=1S/C14H12N2OS/c1-2-12-7-8-13(18-12)14(17)16-11-5-3-10(9-15)4-6-11/h3-8H,2H2,1H3,(H,16,17). The van der Waals surface area contributed by atoms with Gasteiger partial charge in [0, 0.05) is 10.6 Å². The van der Waals surface area contributed by atoms with Crippen LogP contribution in [-0.2, 0) is 6.42 Å². The van der Waals surface area contributed by atoms with Crippen LogP contribution in [0.1, 0.15) is 27.0 Å². The summed E-state index contributed by atoms with van der Waals surface area (Å²) in [5.41, 5.74) is 1.28. The number of anilines is 1. The fourth-order valence-corrected chi connectivity index (χ4v) is 2.35. The number of aryl methyl sites for hydroxylation is 1. The highest BCUT2D eigenvalue weighted by molar-refractivity contribution is 7.14. The Balaban J connectivity index is 2.08. The van der Waals surface area contributed by atoms with Crippen LogP contribution in [0.5, 0.6) is 0 Å². The second-order valence-electron chi connectivity index (χ2n) is 3.76. The van der Waals surface area contributed by atoms with Crippen molar-refractivity contribution in [2.24, 2.45) is 0 Å². The maximum Gasteiger partial charge on any atom is 0.265 e. The van der Waals surface area contributed by atoms with Crippen LogP contribution in [0.3, 0.4) is 0 Å². The Kier molecular flexibility index (Phi) is 3.75. The molecule has 3 nitrogen and oxygen atoms in total. The van der Waals surface area contributed by atoms with E-state index in [4.69, 9.17) is 5.26 Å². The molecule has 0 atom stereocenters. The van der Waals surface area contributed by atoms with Crippen LogP contribution < -0.4 is 5.32 Å². The summed E-state index contributed by atoms with van der Waals surface area (Å²) >= 11 is 1.50. The Morgan fingerprint density at radius 1 is 1.28 bits per heavy atom. The van der Waals surface area contributed by atoms with Crippen LogP contribution in [-0.4, -0.2) is 5.91 Å². The number of nitriles is 1. The molecule has 18 heavy (non-hydrogen) atoms. The molecule has 0 saturated carbocycles. The lowest BCUT2D eigenvalue weighted by Crippen LogP contribution is -2.09. The lowest BCUT2D eigenvalue weighted by Gasteiger charge is -2.02. The highest BCUT2D eigenvalue weighted by Crippen LogP contribution is 2.18. The minimum Gasteiger partial charge on any atom is -0.321 e. The Labute approximate surface area is 110 Å². The zero-order valence-corrected chi connectivity index (χ0v) is 10.8. The van der Waals surface area contributed by atoms with Crippen molar-refractivity contribution >= 4 is 22.9 Å². The zero-order chi connectivity index (χ0) is 13.0. The van der Waals surface area contributed by atoms with Gasteiger partial charge in [0.2, 0.25) is 0 Å².